The van der Waals surface area contributed by atoms with Crippen molar-refractivity contribution in [2.75, 3.05) is 44.3 Å². The van der Waals surface area contributed by atoms with E-state index in [0.29, 0.717) is 6.42 Å². The molecule has 1 fully saturated rings. The second-order valence-electron chi connectivity index (χ2n) is 7.20. The van der Waals surface area contributed by atoms with E-state index in [4.69, 9.17) is 0 Å². The molecule has 1 heterocycles. The molecular weight excluding hydrogens is 334 g/mol. The van der Waals surface area contributed by atoms with Crippen molar-refractivity contribution in [1.82, 2.24) is 9.80 Å². The van der Waals surface area contributed by atoms with Gasteiger partial charge in [0.05, 0.1) is 6.67 Å². The van der Waals surface area contributed by atoms with Crippen LogP contribution in [0.3, 0.4) is 0 Å². The minimum Gasteiger partial charge on any atom is -0.311 e. The Hall–Kier alpha value is -2.17. The zero-order valence-corrected chi connectivity index (χ0v) is 16.4. The lowest BCUT2D eigenvalue weighted by Gasteiger charge is -2.36. The van der Waals surface area contributed by atoms with Crippen LogP contribution in [0.5, 0.6) is 0 Å². The number of hydrogen-bond donors (Lipinski definition) is 0. The number of carbonyl (C=O) groups excluding carboxylic acids is 1. The molecule has 1 saturated heterocycles. The summed E-state index contributed by atoms with van der Waals surface area (Å²) < 4.78 is 0. The summed E-state index contributed by atoms with van der Waals surface area (Å²) >= 11 is 0. The highest BCUT2D eigenvalue weighted by molar-refractivity contribution is 5.93. The van der Waals surface area contributed by atoms with Gasteiger partial charge in [0, 0.05) is 44.8 Å². The molecule has 0 atom stereocenters. The van der Waals surface area contributed by atoms with Crippen LogP contribution in [0.25, 0.3) is 0 Å². The van der Waals surface area contributed by atoms with Gasteiger partial charge in [0.1, 0.15) is 0 Å². The molecule has 1 aliphatic rings. The van der Waals surface area contributed by atoms with Crippen molar-refractivity contribution in [2.45, 2.75) is 26.2 Å². The van der Waals surface area contributed by atoms with Crippen LogP contribution in [0.1, 0.15) is 25.3 Å². The molecule has 2 aromatic carbocycles. The summed E-state index contributed by atoms with van der Waals surface area (Å²) in [5.41, 5.74) is 2.40. The third-order valence-electron chi connectivity index (χ3n) is 5.22. The van der Waals surface area contributed by atoms with Crippen molar-refractivity contribution in [1.29, 1.82) is 0 Å². The van der Waals surface area contributed by atoms with E-state index in [0.717, 1.165) is 45.0 Å². The lowest BCUT2D eigenvalue weighted by atomic mass is 10.1. The van der Waals surface area contributed by atoms with Crippen LogP contribution in [0.2, 0.25) is 0 Å². The normalized spacial score (nSPS) is 15.6. The van der Waals surface area contributed by atoms with Crippen LogP contribution in [0, 0.1) is 0 Å². The molecule has 0 unspecified atom stereocenters. The van der Waals surface area contributed by atoms with Crippen LogP contribution >= 0.6 is 0 Å². The minimum absolute atomic E-state index is 0.194. The molecule has 2 aromatic rings. The summed E-state index contributed by atoms with van der Waals surface area (Å²) in [6.07, 6.45) is 2.83. The second-order valence-corrected chi connectivity index (χ2v) is 7.20. The molecule has 0 saturated carbocycles. The van der Waals surface area contributed by atoms with Gasteiger partial charge >= 0.3 is 0 Å². The van der Waals surface area contributed by atoms with Crippen LogP contribution < -0.4 is 4.90 Å². The lowest BCUT2D eigenvalue weighted by molar-refractivity contribution is -0.118. The molecule has 0 radical (unpaired) electrons. The Kier molecular flexibility index (Phi) is 7.43. The predicted octanol–water partition coefficient (Wildman–Crippen LogP) is 3.64. The summed E-state index contributed by atoms with van der Waals surface area (Å²) in [7, 11) is 0. The van der Waals surface area contributed by atoms with E-state index in [1.54, 1.807) is 0 Å². The first-order valence-electron chi connectivity index (χ1n) is 10.1. The summed E-state index contributed by atoms with van der Waals surface area (Å²) in [4.78, 5) is 19.4. The fourth-order valence-corrected chi connectivity index (χ4v) is 3.68. The number of nitrogens with zero attached hydrogens (tertiary/aromatic N) is 3. The maximum absolute atomic E-state index is 12.4. The molecular formula is C23H31N3O. The molecule has 1 amide bonds. The van der Waals surface area contributed by atoms with Crippen LogP contribution in [0.15, 0.2) is 60.7 Å². The van der Waals surface area contributed by atoms with Gasteiger partial charge in [-0.3, -0.25) is 14.6 Å². The van der Waals surface area contributed by atoms with Crippen molar-refractivity contribution in [3.8, 4) is 0 Å². The van der Waals surface area contributed by atoms with Gasteiger partial charge in [-0.25, -0.2) is 0 Å². The number of carbonyl (C=O) groups is 1. The zero-order valence-electron chi connectivity index (χ0n) is 16.4. The number of anilines is 1. The second kappa shape index (κ2) is 10.2. The smallest absolute Gasteiger partial charge is 0.226 e. The first kappa shape index (κ1) is 19.6. The quantitative estimate of drug-likeness (QED) is 0.715. The van der Waals surface area contributed by atoms with Gasteiger partial charge in [-0.15, -0.1) is 0 Å². The number of hydrogen-bond acceptors (Lipinski definition) is 3. The molecule has 0 spiro atoms. The maximum atomic E-state index is 12.4. The van der Waals surface area contributed by atoms with Gasteiger partial charge in [-0.1, -0.05) is 55.5 Å². The molecule has 144 valence electrons. The number of benzene rings is 2. The topological polar surface area (TPSA) is 26.8 Å². The Labute approximate surface area is 163 Å². The van der Waals surface area contributed by atoms with Gasteiger partial charge < -0.3 is 4.90 Å². The summed E-state index contributed by atoms with van der Waals surface area (Å²) in [6.45, 7) is 7.98. The first-order chi connectivity index (χ1) is 13.3. The van der Waals surface area contributed by atoms with E-state index in [1.165, 1.54) is 18.5 Å². The third kappa shape index (κ3) is 5.91. The average molecular weight is 366 g/mol. The fraction of sp³-hybridized carbons (Fsp3) is 0.435. The molecule has 4 heteroatoms. The van der Waals surface area contributed by atoms with Crippen LogP contribution in [0.4, 0.5) is 5.69 Å². The third-order valence-corrected chi connectivity index (χ3v) is 5.22. The van der Waals surface area contributed by atoms with Gasteiger partial charge in [0.2, 0.25) is 5.91 Å². The van der Waals surface area contributed by atoms with Crippen molar-refractivity contribution >= 4 is 11.6 Å². The van der Waals surface area contributed by atoms with Crippen molar-refractivity contribution < 1.29 is 4.79 Å². The van der Waals surface area contributed by atoms with Crippen LogP contribution in [-0.2, 0) is 11.2 Å². The van der Waals surface area contributed by atoms with Crippen molar-refractivity contribution in [3.05, 3.63) is 66.2 Å². The minimum atomic E-state index is 0.194. The molecule has 4 nitrogen and oxygen atoms in total. The number of rotatable bonds is 8. The number of para-hydroxylation sites is 1. The fourth-order valence-electron chi connectivity index (χ4n) is 3.68. The SMILES string of the molecule is CCC(=O)N(CCN1CCCN(CCc2ccccc2)C1)c1ccccc1. The van der Waals surface area contributed by atoms with Gasteiger partial charge in [0.25, 0.3) is 0 Å². The average Bonchev–Trinajstić information content (AvgIpc) is 2.74. The first-order valence-corrected chi connectivity index (χ1v) is 10.1. The van der Waals surface area contributed by atoms with E-state index < -0.39 is 0 Å². The van der Waals surface area contributed by atoms with E-state index in [2.05, 4.69) is 40.1 Å². The highest BCUT2D eigenvalue weighted by Crippen LogP contribution is 2.15. The van der Waals surface area contributed by atoms with E-state index >= 15 is 0 Å². The Morgan fingerprint density at radius 2 is 1.56 bits per heavy atom. The predicted molar refractivity (Wildman–Crippen MR) is 112 cm³/mol. The Balaban J connectivity index is 1.51. The largest absolute Gasteiger partial charge is 0.311 e. The Morgan fingerprint density at radius 3 is 2.22 bits per heavy atom. The maximum Gasteiger partial charge on any atom is 0.226 e. The number of amides is 1. The molecule has 0 aromatic heterocycles. The van der Waals surface area contributed by atoms with E-state index in [9.17, 15) is 4.79 Å². The van der Waals surface area contributed by atoms with Crippen molar-refractivity contribution in [3.63, 3.8) is 0 Å². The molecule has 3 rings (SSSR count). The molecule has 0 aliphatic carbocycles. The molecule has 0 bridgehead atoms. The Bertz CT molecular complexity index is 689. The molecule has 1 aliphatic heterocycles. The molecule has 27 heavy (non-hydrogen) atoms. The van der Waals surface area contributed by atoms with E-state index in [1.807, 2.05) is 42.2 Å². The van der Waals surface area contributed by atoms with Crippen LogP contribution in [-0.4, -0.2) is 55.1 Å². The summed E-state index contributed by atoms with van der Waals surface area (Å²) in [5, 5.41) is 0. The van der Waals surface area contributed by atoms with Crippen molar-refractivity contribution in [2.24, 2.45) is 0 Å². The van der Waals surface area contributed by atoms with Gasteiger partial charge in [0.15, 0.2) is 0 Å². The summed E-state index contributed by atoms with van der Waals surface area (Å²) in [6, 6.07) is 20.7. The summed E-state index contributed by atoms with van der Waals surface area (Å²) in [5.74, 6) is 0.194. The Morgan fingerprint density at radius 1 is 0.926 bits per heavy atom. The lowest BCUT2D eigenvalue weighted by Crippen LogP contribution is -2.48. The standard InChI is InChI=1S/C23H31N3O/c1-2-23(27)26(22-12-7-4-8-13-22)19-18-25-16-9-15-24(20-25)17-14-21-10-5-3-6-11-21/h3-8,10-13H,2,9,14-20H2,1H3. The van der Waals surface area contributed by atoms with E-state index in [-0.39, 0.29) is 5.91 Å². The zero-order chi connectivity index (χ0) is 18.9. The highest BCUT2D eigenvalue weighted by atomic mass is 16.2. The van der Waals surface area contributed by atoms with Gasteiger partial charge in [-0.05, 0) is 30.5 Å². The monoisotopic (exact) mass is 365 g/mol. The highest BCUT2D eigenvalue weighted by Gasteiger charge is 2.20. The van der Waals surface area contributed by atoms with Gasteiger partial charge in [-0.2, -0.15) is 0 Å². The molecule has 0 N–H and O–H groups in total.